The van der Waals surface area contributed by atoms with E-state index in [-0.39, 0.29) is 19.6 Å². The number of aliphatic carboxylic acids is 1. The number of carboxylic acids is 1. The van der Waals surface area contributed by atoms with Crippen molar-refractivity contribution in [2.45, 2.75) is 31.6 Å². The van der Waals surface area contributed by atoms with Gasteiger partial charge in [0.2, 0.25) is 5.91 Å². The molecule has 0 heterocycles. The second-order valence-corrected chi connectivity index (χ2v) is 6.77. The van der Waals surface area contributed by atoms with Crippen molar-refractivity contribution in [2.75, 3.05) is 6.54 Å². The zero-order valence-corrected chi connectivity index (χ0v) is 16.7. The first-order valence-corrected chi connectivity index (χ1v) is 9.51. The third-order valence-corrected chi connectivity index (χ3v) is 4.27. The molecular weight excluding hydrogens is 402 g/mol. The molecule has 2 atom stereocenters. The van der Waals surface area contributed by atoms with Crippen molar-refractivity contribution in [1.29, 1.82) is 5.26 Å². The fourth-order valence-electron chi connectivity index (χ4n) is 2.67. The molecule has 0 unspecified atom stereocenters. The second-order valence-electron chi connectivity index (χ2n) is 6.77. The van der Waals surface area contributed by atoms with Gasteiger partial charge in [0.1, 0.15) is 12.6 Å². The molecule has 0 saturated heterocycles. The number of benzene rings is 2. The standard InChI is InChI=1S/C22H23N3O6/c23-12-16-8-6-15(7-9-16)10-19(21(28)29)25-20(27)11-18(26)13-24-22(30)31-14-17-4-2-1-3-5-17/h1-9,18-19,26H,10-11,13-14H2,(H,24,30)(H,25,27)(H,28,29)/t18-,19-/m1/s1. The summed E-state index contributed by atoms with van der Waals surface area (Å²) in [5, 5.41) is 32.8. The minimum atomic E-state index is -1.23. The Morgan fingerprint density at radius 3 is 2.32 bits per heavy atom. The van der Waals surface area contributed by atoms with E-state index >= 15 is 0 Å². The summed E-state index contributed by atoms with van der Waals surface area (Å²) in [6.45, 7) is -0.159. The van der Waals surface area contributed by atoms with Crippen LogP contribution in [-0.4, -0.2) is 46.9 Å². The van der Waals surface area contributed by atoms with Crippen LogP contribution in [-0.2, 0) is 27.4 Å². The Bertz CT molecular complexity index is 925. The Balaban J connectivity index is 1.74. The quantitative estimate of drug-likeness (QED) is 0.449. The first-order chi connectivity index (χ1) is 14.9. The van der Waals surface area contributed by atoms with Crippen LogP contribution in [0.3, 0.4) is 0 Å². The van der Waals surface area contributed by atoms with E-state index < -0.39 is 36.5 Å². The molecule has 0 aliphatic heterocycles. The molecule has 31 heavy (non-hydrogen) atoms. The lowest BCUT2D eigenvalue weighted by Crippen LogP contribution is -2.44. The third kappa shape index (κ3) is 8.55. The van der Waals surface area contributed by atoms with Crippen molar-refractivity contribution in [3.8, 4) is 6.07 Å². The highest BCUT2D eigenvalue weighted by atomic mass is 16.5. The fourth-order valence-corrected chi connectivity index (χ4v) is 2.67. The smallest absolute Gasteiger partial charge is 0.407 e. The van der Waals surface area contributed by atoms with E-state index in [9.17, 15) is 24.6 Å². The topological polar surface area (TPSA) is 149 Å². The van der Waals surface area contributed by atoms with E-state index in [0.717, 1.165) is 5.56 Å². The van der Waals surface area contributed by atoms with E-state index in [1.807, 2.05) is 24.3 Å². The Morgan fingerprint density at radius 2 is 1.71 bits per heavy atom. The van der Waals surface area contributed by atoms with Gasteiger partial charge in [0.25, 0.3) is 0 Å². The van der Waals surface area contributed by atoms with Gasteiger partial charge in [-0.25, -0.2) is 9.59 Å². The van der Waals surface area contributed by atoms with Crippen molar-refractivity contribution in [3.05, 3.63) is 71.3 Å². The number of ether oxygens (including phenoxy) is 1. The maximum absolute atomic E-state index is 12.1. The lowest BCUT2D eigenvalue weighted by Gasteiger charge is -2.17. The number of rotatable bonds is 10. The molecule has 0 radical (unpaired) electrons. The van der Waals surface area contributed by atoms with Gasteiger partial charge in [-0.1, -0.05) is 42.5 Å². The van der Waals surface area contributed by atoms with Crippen molar-refractivity contribution >= 4 is 18.0 Å². The molecule has 0 fully saturated rings. The Kier molecular flexibility index (Phi) is 9.01. The normalized spacial score (nSPS) is 12.1. The van der Waals surface area contributed by atoms with Crippen LogP contribution in [0.15, 0.2) is 54.6 Å². The van der Waals surface area contributed by atoms with Gasteiger partial charge in [-0.2, -0.15) is 5.26 Å². The zero-order chi connectivity index (χ0) is 22.6. The van der Waals surface area contributed by atoms with Gasteiger partial charge < -0.3 is 25.6 Å². The number of nitriles is 1. The molecule has 0 saturated carbocycles. The van der Waals surface area contributed by atoms with Crippen molar-refractivity contribution < 1.29 is 29.3 Å². The lowest BCUT2D eigenvalue weighted by molar-refractivity contribution is -0.142. The molecule has 9 nitrogen and oxygen atoms in total. The van der Waals surface area contributed by atoms with Gasteiger partial charge in [0.15, 0.2) is 0 Å². The number of alkyl carbamates (subject to hydrolysis) is 1. The molecule has 4 N–H and O–H groups in total. The predicted molar refractivity (Wildman–Crippen MR) is 110 cm³/mol. The summed E-state index contributed by atoms with van der Waals surface area (Å²) >= 11 is 0. The number of carbonyl (C=O) groups is 3. The lowest BCUT2D eigenvalue weighted by atomic mass is 10.0. The predicted octanol–water partition coefficient (Wildman–Crippen LogP) is 1.35. The van der Waals surface area contributed by atoms with Gasteiger partial charge in [-0.05, 0) is 23.3 Å². The number of amides is 2. The molecular formula is C22H23N3O6. The van der Waals surface area contributed by atoms with Crippen molar-refractivity contribution in [2.24, 2.45) is 0 Å². The molecule has 0 aliphatic carbocycles. The van der Waals surface area contributed by atoms with E-state index in [4.69, 9.17) is 10.00 Å². The van der Waals surface area contributed by atoms with Crippen LogP contribution in [0.1, 0.15) is 23.1 Å². The number of carboxylic acid groups (broad SMARTS) is 1. The highest BCUT2D eigenvalue weighted by molar-refractivity contribution is 5.84. The molecule has 0 aromatic heterocycles. The number of aliphatic hydroxyl groups is 1. The van der Waals surface area contributed by atoms with Crippen molar-refractivity contribution in [1.82, 2.24) is 10.6 Å². The Labute approximate surface area is 179 Å². The van der Waals surface area contributed by atoms with Crippen LogP contribution in [0.2, 0.25) is 0 Å². The number of carbonyl (C=O) groups excluding carboxylic acids is 2. The number of nitrogens with one attached hydrogen (secondary N) is 2. The van der Waals surface area contributed by atoms with Crippen LogP contribution in [0.25, 0.3) is 0 Å². The maximum atomic E-state index is 12.1. The summed E-state index contributed by atoms with van der Waals surface area (Å²) in [6.07, 6.45) is -2.33. The first-order valence-electron chi connectivity index (χ1n) is 9.51. The minimum Gasteiger partial charge on any atom is -0.480 e. The third-order valence-electron chi connectivity index (χ3n) is 4.27. The van der Waals surface area contributed by atoms with Crippen LogP contribution < -0.4 is 10.6 Å². The molecule has 0 bridgehead atoms. The maximum Gasteiger partial charge on any atom is 0.407 e. The average Bonchev–Trinajstić information content (AvgIpc) is 2.77. The molecule has 2 amide bonds. The molecule has 162 valence electrons. The van der Waals surface area contributed by atoms with Gasteiger partial charge in [-0.15, -0.1) is 0 Å². The molecule has 2 aromatic rings. The second kappa shape index (κ2) is 11.9. The van der Waals surface area contributed by atoms with Crippen molar-refractivity contribution in [3.63, 3.8) is 0 Å². The van der Waals surface area contributed by atoms with Crippen LogP contribution >= 0.6 is 0 Å². The number of aliphatic hydroxyl groups excluding tert-OH is 1. The van der Waals surface area contributed by atoms with E-state index in [2.05, 4.69) is 10.6 Å². The molecule has 2 aromatic carbocycles. The van der Waals surface area contributed by atoms with E-state index in [0.29, 0.717) is 11.1 Å². The summed E-state index contributed by atoms with van der Waals surface area (Å²) in [5.74, 6) is -1.90. The summed E-state index contributed by atoms with van der Waals surface area (Å²) < 4.78 is 5.00. The zero-order valence-electron chi connectivity index (χ0n) is 16.7. The molecule has 9 heteroatoms. The molecule has 0 spiro atoms. The van der Waals surface area contributed by atoms with Crippen LogP contribution in [0, 0.1) is 11.3 Å². The summed E-state index contributed by atoms with van der Waals surface area (Å²) in [4.78, 5) is 35.2. The van der Waals surface area contributed by atoms with Gasteiger partial charge in [0, 0.05) is 13.0 Å². The summed E-state index contributed by atoms with van der Waals surface area (Å²) in [7, 11) is 0. The van der Waals surface area contributed by atoms with Crippen LogP contribution in [0.5, 0.6) is 0 Å². The summed E-state index contributed by atoms with van der Waals surface area (Å²) in [6, 6.07) is 16.2. The number of hydrogen-bond acceptors (Lipinski definition) is 6. The minimum absolute atomic E-state index is 0.0208. The highest BCUT2D eigenvalue weighted by Crippen LogP contribution is 2.07. The number of hydrogen-bond donors (Lipinski definition) is 4. The molecule has 0 aliphatic rings. The SMILES string of the molecule is N#Cc1ccc(C[C@@H](NC(=O)C[C@@H](O)CNC(=O)OCc2ccccc2)C(=O)O)cc1. The van der Waals surface area contributed by atoms with Gasteiger partial charge >= 0.3 is 12.1 Å². The largest absolute Gasteiger partial charge is 0.480 e. The Hall–Kier alpha value is -3.90. The van der Waals surface area contributed by atoms with Gasteiger partial charge in [0.05, 0.1) is 24.2 Å². The highest BCUT2D eigenvalue weighted by Gasteiger charge is 2.22. The van der Waals surface area contributed by atoms with E-state index in [1.165, 1.54) is 0 Å². The Morgan fingerprint density at radius 1 is 1.03 bits per heavy atom. The first kappa shape index (κ1) is 23.4. The van der Waals surface area contributed by atoms with Crippen LogP contribution in [0.4, 0.5) is 4.79 Å². The monoisotopic (exact) mass is 425 g/mol. The summed E-state index contributed by atoms with van der Waals surface area (Å²) in [5.41, 5.74) is 1.88. The number of nitrogens with zero attached hydrogens (tertiary/aromatic N) is 1. The van der Waals surface area contributed by atoms with E-state index in [1.54, 1.807) is 36.4 Å². The molecule has 2 rings (SSSR count). The fraction of sp³-hybridized carbons (Fsp3) is 0.273. The van der Waals surface area contributed by atoms with Gasteiger partial charge in [-0.3, -0.25) is 4.79 Å². The average molecular weight is 425 g/mol.